The highest BCUT2D eigenvalue weighted by Crippen LogP contribution is 2.11. The smallest absolute Gasteiger partial charge is 0.316 e. The third-order valence-corrected chi connectivity index (χ3v) is 3.44. The van der Waals surface area contributed by atoms with Crippen molar-refractivity contribution in [2.45, 2.75) is 32.9 Å². The van der Waals surface area contributed by atoms with E-state index in [1.165, 1.54) is 4.57 Å². The summed E-state index contributed by atoms with van der Waals surface area (Å²) in [6.07, 6.45) is 0.686. The van der Waals surface area contributed by atoms with Gasteiger partial charge in [0.05, 0.1) is 11.0 Å². The number of nitrogens with two attached hydrogens (primary N) is 1. The van der Waals surface area contributed by atoms with Crippen LogP contribution in [0, 0.1) is 0 Å². The highest BCUT2D eigenvalue weighted by atomic mass is 16.2. The Kier molecular flexibility index (Phi) is 4.77. The van der Waals surface area contributed by atoms with Gasteiger partial charge in [0.15, 0.2) is 0 Å². The third-order valence-electron chi connectivity index (χ3n) is 3.44. The fourth-order valence-corrected chi connectivity index (χ4v) is 2.25. The van der Waals surface area contributed by atoms with Crippen LogP contribution in [0.15, 0.2) is 27.8 Å². The van der Waals surface area contributed by atoms with Crippen LogP contribution in [0.5, 0.6) is 0 Å². The summed E-state index contributed by atoms with van der Waals surface area (Å²) in [6, 6.07) is 4.89. The fraction of sp³-hybridized carbons (Fsp3) is 0.400. The predicted octanol–water partition coefficient (Wildman–Crippen LogP) is 0.177. The molecule has 1 amide bonds. The van der Waals surface area contributed by atoms with E-state index in [9.17, 15) is 14.4 Å². The van der Waals surface area contributed by atoms with E-state index in [4.69, 9.17) is 5.73 Å². The van der Waals surface area contributed by atoms with Crippen LogP contribution in [0.3, 0.4) is 0 Å². The number of aryl methyl sites for hydroxylation is 1. The lowest BCUT2D eigenvalue weighted by Crippen LogP contribution is -2.36. The molecule has 0 aliphatic carbocycles. The second-order valence-corrected chi connectivity index (χ2v) is 5.26. The number of H-pyrrole nitrogens is 1. The van der Waals surface area contributed by atoms with E-state index < -0.39 is 11.1 Å². The quantitative estimate of drug-likeness (QED) is 0.684. The van der Waals surface area contributed by atoms with Crippen molar-refractivity contribution >= 4 is 16.9 Å². The molecule has 22 heavy (non-hydrogen) atoms. The van der Waals surface area contributed by atoms with Crippen LogP contribution in [0.2, 0.25) is 0 Å². The molecule has 1 heterocycles. The zero-order valence-corrected chi connectivity index (χ0v) is 12.7. The molecule has 0 spiro atoms. The number of fused-ring (bicyclic) bond motifs is 1. The number of amides is 1. The number of nitrogens with one attached hydrogen (secondary N) is 2. The summed E-state index contributed by atoms with van der Waals surface area (Å²) >= 11 is 0. The Hall–Kier alpha value is -2.41. The molecule has 0 fully saturated rings. The first-order chi connectivity index (χ1) is 10.4. The lowest BCUT2D eigenvalue weighted by Gasteiger charge is -2.10. The first-order valence-corrected chi connectivity index (χ1v) is 7.24. The highest BCUT2D eigenvalue weighted by molar-refractivity contribution is 5.97. The summed E-state index contributed by atoms with van der Waals surface area (Å²) in [4.78, 5) is 38.0. The number of carbonyl (C=O) groups is 1. The number of aromatic nitrogens is 2. The molecular weight excluding hydrogens is 284 g/mol. The zero-order valence-electron chi connectivity index (χ0n) is 12.7. The molecule has 0 bridgehead atoms. The average Bonchev–Trinajstić information content (AvgIpc) is 2.47. The Morgan fingerprint density at radius 1 is 1.41 bits per heavy atom. The van der Waals surface area contributed by atoms with Crippen molar-refractivity contribution < 1.29 is 4.79 Å². The topological polar surface area (TPSA) is 110 Å². The van der Waals surface area contributed by atoms with Gasteiger partial charge in [-0.15, -0.1) is 0 Å². The molecule has 7 heteroatoms. The van der Waals surface area contributed by atoms with E-state index >= 15 is 0 Å². The molecule has 1 unspecified atom stereocenters. The molecule has 2 aromatic rings. The van der Waals surface area contributed by atoms with Gasteiger partial charge in [0.2, 0.25) is 0 Å². The van der Waals surface area contributed by atoms with Gasteiger partial charge in [-0.1, -0.05) is 0 Å². The Morgan fingerprint density at radius 3 is 2.77 bits per heavy atom. The number of carbonyl (C=O) groups excluding carboxylic acids is 1. The average molecular weight is 304 g/mol. The van der Waals surface area contributed by atoms with E-state index in [2.05, 4.69) is 10.3 Å². The van der Waals surface area contributed by atoms with Gasteiger partial charge in [0.1, 0.15) is 0 Å². The highest BCUT2D eigenvalue weighted by Gasteiger charge is 2.10. The van der Waals surface area contributed by atoms with Crippen LogP contribution in [0.1, 0.15) is 30.6 Å². The fourth-order valence-electron chi connectivity index (χ4n) is 2.25. The van der Waals surface area contributed by atoms with Crippen molar-refractivity contribution in [3.8, 4) is 0 Å². The van der Waals surface area contributed by atoms with Crippen LogP contribution in [0.4, 0.5) is 0 Å². The van der Waals surface area contributed by atoms with Crippen LogP contribution >= 0.6 is 0 Å². The van der Waals surface area contributed by atoms with Gasteiger partial charge >= 0.3 is 11.1 Å². The Bertz CT molecular complexity index is 805. The number of aromatic amines is 1. The van der Waals surface area contributed by atoms with Crippen molar-refractivity contribution in [3.05, 3.63) is 44.5 Å². The van der Waals surface area contributed by atoms with Gasteiger partial charge in [-0.3, -0.25) is 14.4 Å². The second-order valence-electron chi connectivity index (χ2n) is 5.26. The lowest BCUT2D eigenvalue weighted by atomic mass is 10.1. The maximum Gasteiger partial charge on any atom is 0.316 e. The minimum Gasteiger partial charge on any atom is -0.352 e. The molecule has 4 N–H and O–H groups in total. The van der Waals surface area contributed by atoms with Gasteiger partial charge in [0, 0.05) is 24.7 Å². The molecule has 0 aliphatic rings. The van der Waals surface area contributed by atoms with Gasteiger partial charge in [0.25, 0.3) is 5.91 Å². The Morgan fingerprint density at radius 2 is 2.14 bits per heavy atom. The SMILES string of the molecule is CCn1c(=O)c(=O)[nH]c2cc(C(=O)NCCC(C)N)ccc21. The predicted molar refractivity (Wildman–Crippen MR) is 85.1 cm³/mol. The lowest BCUT2D eigenvalue weighted by molar-refractivity contribution is 0.0953. The summed E-state index contributed by atoms with van der Waals surface area (Å²) in [5.74, 6) is -0.238. The molecule has 0 aliphatic heterocycles. The summed E-state index contributed by atoms with van der Waals surface area (Å²) < 4.78 is 1.38. The van der Waals surface area contributed by atoms with Crippen molar-refractivity contribution in [3.63, 3.8) is 0 Å². The van der Waals surface area contributed by atoms with Gasteiger partial charge in [-0.05, 0) is 38.5 Å². The molecule has 7 nitrogen and oxygen atoms in total. The van der Waals surface area contributed by atoms with Crippen molar-refractivity contribution in [2.24, 2.45) is 5.73 Å². The standard InChI is InChI=1S/C15H20N4O3/c1-3-19-12-5-4-10(13(20)17-7-6-9(2)16)8-11(12)18-14(21)15(19)22/h4-5,8-9H,3,6-7,16H2,1-2H3,(H,17,20)(H,18,21). The number of hydrogen-bond acceptors (Lipinski definition) is 4. The molecule has 1 atom stereocenters. The third kappa shape index (κ3) is 3.25. The van der Waals surface area contributed by atoms with Crippen LogP contribution in [0.25, 0.3) is 11.0 Å². The van der Waals surface area contributed by atoms with Crippen LogP contribution < -0.4 is 22.2 Å². The maximum absolute atomic E-state index is 12.1. The van der Waals surface area contributed by atoms with Gasteiger partial charge in [-0.2, -0.15) is 0 Å². The molecule has 1 aromatic heterocycles. The van der Waals surface area contributed by atoms with Gasteiger partial charge < -0.3 is 20.6 Å². The van der Waals surface area contributed by atoms with E-state index in [1.807, 2.05) is 6.92 Å². The molecule has 0 saturated heterocycles. The monoisotopic (exact) mass is 304 g/mol. The summed E-state index contributed by atoms with van der Waals surface area (Å²) in [6.45, 7) is 4.53. The van der Waals surface area contributed by atoms with Crippen molar-refractivity contribution in [2.75, 3.05) is 6.54 Å². The first kappa shape index (κ1) is 16.0. The second kappa shape index (κ2) is 6.57. The number of benzene rings is 1. The maximum atomic E-state index is 12.1. The number of rotatable bonds is 5. The molecule has 0 radical (unpaired) electrons. The van der Waals surface area contributed by atoms with E-state index in [0.717, 1.165) is 0 Å². The molecular formula is C15H20N4O3. The van der Waals surface area contributed by atoms with Crippen LogP contribution in [-0.2, 0) is 6.54 Å². The molecule has 2 rings (SSSR count). The normalized spacial score (nSPS) is 12.3. The van der Waals surface area contributed by atoms with Crippen molar-refractivity contribution in [1.82, 2.24) is 14.9 Å². The minimum atomic E-state index is -0.691. The van der Waals surface area contributed by atoms with Gasteiger partial charge in [-0.25, -0.2) is 0 Å². The summed E-state index contributed by atoms with van der Waals surface area (Å²) in [5, 5.41) is 2.77. The zero-order chi connectivity index (χ0) is 16.3. The Labute approximate surface area is 127 Å². The number of hydrogen-bond donors (Lipinski definition) is 3. The number of nitrogens with zero attached hydrogens (tertiary/aromatic N) is 1. The molecule has 118 valence electrons. The van der Waals surface area contributed by atoms with E-state index in [0.29, 0.717) is 36.1 Å². The largest absolute Gasteiger partial charge is 0.352 e. The minimum absolute atomic E-state index is 0.0206. The Balaban J connectivity index is 2.35. The molecule has 1 aromatic carbocycles. The molecule has 0 saturated carbocycles. The summed E-state index contributed by atoms with van der Waals surface area (Å²) in [7, 11) is 0. The van der Waals surface area contributed by atoms with Crippen LogP contribution in [-0.4, -0.2) is 28.0 Å². The van der Waals surface area contributed by atoms with E-state index in [-0.39, 0.29) is 11.9 Å². The van der Waals surface area contributed by atoms with Crippen molar-refractivity contribution in [1.29, 1.82) is 0 Å². The summed E-state index contributed by atoms with van der Waals surface area (Å²) in [5.41, 5.74) is 5.83. The first-order valence-electron chi connectivity index (χ1n) is 7.24. The van der Waals surface area contributed by atoms with E-state index in [1.54, 1.807) is 25.1 Å².